The minimum Gasteiger partial charge on any atom is -0.335 e. The second kappa shape index (κ2) is 5.75. The van der Waals surface area contributed by atoms with Crippen LogP contribution in [-0.2, 0) is 13.0 Å². The summed E-state index contributed by atoms with van der Waals surface area (Å²) in [6, 6.07) is 0. The van der Waals surface area contributed by atoms with Crippen molar-refractivity contribution in [1.29, 1.82) is 0 Å². The molecule has 0 bridgehead atoms. The van der Waals surface area contributed by atoms with Gasteiger partial charge in [0.15, 0.2) is 0 Å². The van der Waals surface area contributed by atoms with Crippen LogP contribution in [0.3, 0.4) is 0 Å². The molecule has 1 aromatic rings. The molecule has 0 saturated carbocycles. The Morgan fingerprint density at radius 2 is 2.31 bits per heavy atom. The van der Waals surface area contributed by atoms with Crippen LogP contribution in [0.25, 0.3) is 0 Å². The van der Waals surface area contributed by atoms with Gasteiger partial charge in [0.25, 0.3) is 0 Å². The second-order valence-corrected chi connectivity index (χ2v) is 3.28. The molecule has 0 amide bonds. The summed E-state index contributed by atoms with van der Waals surface area (Å²) < 4.78 is 2.24. The van der Waals surface area contributed by atoms with Crippen LogP contribution in [0.2, 0.25) is 0 Å². The molecule has 1 rings (SSSR count). The van der Waals surface area contributed by atoms with Gasteiger partial charge in [-0.1, -0.05) is 13.3 Å². The molecule has 0 aliphatic heterocycles. The van der Waals surface area contributed by atoms with Crippen LogP contribution in [0.15, 0.2) is 12.4 Å². The van der Waals surface area contributed by atoms with E-state index in [9.17, 15) is 0 Å². The molecule has 0 aliphatic rings. The molecule has 74 valence electrons. The van der Waals surface area contributed by atoms with Crippen LogP contribution in [0.4, 0.5) is 0 Å². The third-order valence-corrected chi connectivity index (χ3v) is 2.16. The molecule has 0 saturated heterocycles. The van der Waals surface area contributed by atoms with Crippen molar-refractivity contribution in [2.75, 3.05) is 6.54 Å². The monoisotopic (exact) mass is 181 g/mol. The van der Waals surface area contributed by atoms with E-state index in [1.54, 1.807) is 0 Å². The molecule has 3 heteroatoms. The van der Waals surface area contributed by atoms with E-state index >= 15 is 0 Å². The highest BCUT2D eigenvalue weighted by Gasteiger charge is 2.00. The average Bonchev–Trinajstić information content (AvgIpc) is 2.59. The molecular formula is C10H19N3. The fourth-order valence-corrected chi connectivity index (χ4v) is 1.36. The average molecular weight is 181 g/mol. The largest absolute Gasteiger partial charge is 0.335 e. The zero-order valence-corrected chi connectivity index (χ0v) is 8.37. The first kappa shape index (κ1) is 10.3. The predicted octanol–water partition coefficient (Wildman–Crippen LogP) is 1.57. The van der Waals surface area contributed by atoms with Crippen molar-refractivity contribution in [2.24, 2.45) is 5.73 Å². The van der Waals surface area contributed by atoms with Gasteiger partial charge in [-0.25, -0.2) is 4.98 Å². The Morgan fingerprint density at radius 1 is 1.46 bits per heavy atom. The summed E-state index contributed by atoms with van der Waals surface area (Å²) in [6.45, 7) is 4.05. The lowest BCUT2D eigenvalue weighted by Crippen LogP contribution is -2.06. The predicted molar refractivity (Wildman–Crippen MR) is 54.5 cm³/mol. The fourth-order valence-electron chi connectivity index (χ4n) is 1.36. The van der Waals surface area contributed by atoms with Crippen LogP contribution in [0.5, 0.6) is 0 Å². The van der Waals surface area contributed by atoms with Gasteiger partial charge in [-0.2, -0.15) is 0 Å². The summed E-state index contributed by atoms with van der Waals surface area (Å²) in [5.74, 6) is 1.18. The summed E-state index contributed by atoms with van der Waals surface area (Å²) in [5.41, 5.74) is 5.46. The van der Waals surface area contributed by atoms with Gasteiger partial charge in [-0.15, -0.1) is 0 Å². The SMILES string of the molecule is CCCCn1ccnc1CCCN. The number of aromatic nitrogens is 2. The molecule has 2 N–H and O–H groups in total. The zero-order chi connectivity index (χ0) is 9.52. The van der Waals surface area contributed by atoms with E-state index in [2.05, 4.69) is 22.7 Å². The number of aryl methyl sites for hydroxylation is 2. The van der Waals surface area contributed by atoms with Gasteiger partial charge in [0.2, 0.25) is 0 Å². The maximum atomic E-state index is 5.46. The van der Waals surface area contributed by atoms with Crippen LogP contribution >= 0.6 is 0 Å². The lowest BCUT2D eigenvalue weighted by molar-refractivity contribution is 0.594. The Labute approximate surface area is 80.0 Å². The molecular weight excluding hydrogens is 162 g/mol. The minimum atomic E-state index is 0.751. The molecule has 3 nitrogen and oxygen atoms in total. The van der Waals surface area contributed by atoms with Crippen molar-refractivity contribution in [2.45, 2.75) is 39.2 Å². The highest BCUT2D eigenvalue weighted by molar-refractivity contribution is 4.92. The standard InChI is InChI=1S/C10H19N3/c1-2-3-8-13-9-7-12-10(13)5-4-6-11/h7,9H,2-6,8,11H2,1H3. The molecule has 13 heavy (non-hydrogen) atoms. The second-order valence-electron chi connectivity index (χ2n) is 3.28. The first-order chi connectivity index (χ1) is 6.38. The van der Waals surface area contributed by atoms with Gasteiger partial charge in [0.1, 0.15) is 5.82 Å². The fraction of sp³-hybridized carbons (Fsp3) is 0.700. The Morgan fingerprint density at radius 3 is 3.00 bits per heavy atom. The first-order valence-corrected chi connectivity index (χ1v) is 5.08. The normalized spacial score (nSPS) is 10.6. The molecule has 0 aliphatic carbocycles. The van der Waals surface area contributed by atoms with E-state index in [0.29, 0.717) is 0 Å². The Bertz CT molecular complexity index is 207. The molecule has 0 fully saturated rings. The topological polar surface area (TPSA) is 43.8 Å². The molecule has 0 radical (unpaired) electrons. The van der Waals surface area contributed by atoms with E-state index in [1.807, 2.05) is 6.20 Å². The quantitative estimate of drug-likeness (QED) is 0.724. The summed E-state index contributed by atoms with van der Waals surface area (Å²) in [6.07, 6.45) is 8.43. The lowest BCUT2D eigenvalue weighted by Gasteiger charge is -2.05. The van der Waals surface area contributed by atoms with Crippen LogP contribution < -0.4 is 5.73 Å². The van der Waals surface area contributed by atoms with Gasteiger partial charge >= 0.3 is 0 Å². The lowest BCUT2D eigenvalue weighted by atomic mass is 10.3. The van der Waals surface area contributed by atoms with Crippen molar-refractivity contribution < 1.29 is 0 Å². The number of nitrogens with two attached hydrogens (primary N) is 1. The van der Waals surface area contributed by atoms with E-state index in [-0.39, 0.29) is 0 Å². The summed E-state index contributed by atoms with van der Waals surface area (Å²) in [4.78, 5) is 4.31. The van der Waals surface area contributed by atoms with Gasteiger partial charge in [-0.05, 0) is 19.4 Å². The van der Waals surface area contributed by atoms with Crippen molar-refractivity contribution in [3.05, 3.63) is 18.2 Å². The number of unbranched alkanes of at least 4 members (excludes halogenated alkanes) is 1. The molecule has 0 unspecified atom stereocenters. The Balaban J connectivity index is 2.45. The highest BCUT2D eigenvalue weighted by atomic mass is 15.1. The zero-order valence-electron chi connectivity index (χ0n) is 8.37. The number of hydrogen-bond donors (Lipinski definition) is 1. The minimum absolute atomic E-state index is 0.751. The molecule has 1 heterocycles. The van der Waals surface area contributed by atoms with Crippen LogP contribution in [-0.4, -0.2) is 16.1 Å². The van der Waals surface area contributed by atoms with Crippen molar-refractivity contribution in [3.8, 4) is 0 Å². The Kier molecular flexibility index (Phi) is 4.54. The third-order valence-electron chi connectivity index (χ3n) is 2.16. The maximum Gasteiger partial charge on any atom is 0.108 e. The molecule has 0 spiro atoms. The van der Waals surface area contributed by atoms with E-state index < -0.39 is 0 Å². The molecule has 0 atom stereocenters. The van der Waals surface area contributed by atoms with Crippen molar-refractivity contribution in [3.63, 3.8) is 0 Å². The van der Waals surface area contributed by atoms with Crippen LogP contribution in [0, 0.1) is 0 Å². The molecule has 1 aromatic heterocycles. The number of rotatable bonds is 6. The number of hydrogen-bond acceptors (Lipinski definition) is 2. The number of nitrogens with zero attached hydrogens (tertiary/aromatic N) is 2. The highest BCUT2D eigenvalue weighted by Crippen LogP contribution is 2.03. The van der Waals surface area contributed by atoms with Crippen LogP contribution in [0.1, 0.15) is 32.0 Å². The van der Waals surface area contributed by atoms with E-state index in [0.717, 1.165) is 25.9 Å². The maximum absolute atomic E-state index is 5.46. The van der Waals surface area contributed by atoms with Gasteiger partial charge in [0.05, 0.1) is 0 Å². The van der Waals surface area contributed by atoms with Crippen molar-refractivity contribution in [1.82, 2.24) is 9.55 Å². The third kappa shape index (κ3) is 3.19. The molecule has 0 aromatic carbocycles. The van der Waals surface area contributed by atoms with E-state index in [1.165, 1.54) is 18.7 Å². The van der Waals surface area contributed by atoms with E-state index in [4.69, 9.17) is 5.73 Å². The van der Waals surface area contributed by atoms with Crippen molar-refractivity contribution >= 4 is 0 Å². The number of imidazole rings is 1. The van der Waals surface area contributed by atoms with Gasteiger partial charge in [-0.3, -0.25) is 0 Å². The Hall–Kier alpha value is -0.830. The summed E-state index contributed by atoms with van der Waals surface area (Å²) >= 11 is 0. The first-order valence-electron chi connectivity index (χ1n) is 5.08. The van der Waals surface area contributed by atoms with Gasteiger partial charge in [0, 0.05) is 25.4 Å². The summed E-state index contributed by atoms with van der Waals surface area (Å²) in [7, 11) is 0. The summed E-state index contributed by atoms with van der Waals surface area (Å²) in [5, 5.41) is 0. The van der Waals surface area contributed by atoms with Gasteiger partial charge < -0.3 is 10.3 Å². The smallest absolute Gasteiger partial charge is 0.108 e.